The molecule has 1 aromatic heterocycles. The number of benzene rings is 2. The molecule has 6 nitrogen and oxygen atoms in total. The van der Waals surface area contributed by atoms with Crippen LogP contribution >= 0.6 is 23.2 Å². The zero-order chi connectivity index (χ0) is 30.6. The lowest BCUT2D eigenvalue weighted by Gasteiger charge is -2.30. The Morgan fingerprint density at radius 2 is 1.67 bits per heavy atom. The second-order valence-corrected chi connectivity index (χ2v) is 10.4. The molecule has 1 amide bonds. The van der Waals surface area contributed by atoms with Gasteiger partial charge in [-0.15, -0.1) is 0 Å². The third kappa shape index (κ3) is 5.44. The number of rotatable bonds is 4. The van der Waals surface area contributed by atoms with Crippen LogP contribution in [0.1, 0.15) is 44.7 Å². The Balaban J connectivity index is 1.29. The average Bonchev–Trinajstić information content (AvgIpc) is 3.55. The molecule has 0 fully saturated rings. The summed E-state index contributed by atoms with van der Waals surface area (Å²) in [6.07, 6.45) is -9.34. The first kappa shape index (κ1) is 29.8. The standard InChI is InChI=1S/C26H16Cl2F8N4O2/c27-17-5-15(6-18(28)22(17)30)24(26(34,35)36)7-21(39-42-24)40-10-13-4-20(37-9-14(13)11-40)23(41)38-8-12-1-2-19(29)16(3-12)25(31,32)33/h1-6,9H,7-8,10-11H2,(H,38,41). The van der Waals surface area contributed by atoms with Gasteiger partial charge in [-0.1, -0.05) is 34.4 Å². The van der Waals surface area contributed by atoms with Crippen molar-refractivity contribution in [1.82, 2.24) is 15.2 Å². The summed E-state index contributed by atoms with van der Waals surface area (Å²) in [5.74, 6) is -3.35. The van der Waals surface area contributed by atoms with Gasteiger partial charge in [-0.2, -0.15) is 26.3 Å². The topological polar surface area (TPSA) is 66.8 Å². The number of carbonyl (C=O) groups excluding carboxylic acids is 1. The molecule has 222 valence electrons. The predicted molar refractivity (Wildman–Crippen MR) is 133 cm³/mol. The number of pyridine rings is 1. The Kier molecular flexibility index (Phi) is 7.50. The fourth-order valence-corrected chi connectivity index (χ4v) is 5.09. The van der Waals surface area contributed by atoms with Gasteiger partial charge in [0, 0.05) is 31.4 Å². The molecule has 42 heavy (non-hydrogen) atoms. The van der Waals surface area contributed by atoms with E-state index in [9.17, 15) is 39.9 Å². The van der Waals surface area contributed by atoms with Crippen molar-refractivity contribution in [2.75, 3.05) is 0 Å². The van der Waals surface area contributed by atoms with E-state index in [1.54, 1.807) is 0 Å². The van der Waals surface area contributed by atoms with E-state index < -0.39 is 63.1 Å². The van der Waals surface area contributed by atoms with Gasteiger partial charge in [0.2, 0.25) is 0 Å². The minimum Gasteiger partial charge on any atom is -0.372 e. The summed E-state index contributed by atoms with van der Waals surface area (Å²) >= 11 is 11.5. The molecule has 1 N–H and O–H groups in total. The zero-order valence-electron chi connectivity index (χ0n) is 20.8. The minimum atomic E-state index is -4.99. The first-order valence-electron chi connectivity index (χ1n) is 11.9. The number of hydrogen-bond acceptors (Lipinski definition) is 5. The van der Waals surface area contributed by atoms with Gasteiger partial charge < -0.3 is 15.1 Å². The van der Waals surface area contributed by atoms with Crippen molar-refractivity contribution in [3.05, 3.63) is 97.8 Å². The van der Waals surface area contributed by atoms with Crippen LogP contribution in [0.15, 0.2) is 47.8 Å². The molecule has 2 aliphatic rings. The number of amidine groups is 1. The molecule has 0 saturated carbocycles. The molecule has 0 saturated heterocycles. The number of carbonyl (C=O) groups is 1. The van der Waals surface area contributed by atoms with Crippen LogP contribution in [-0.4, -0.2) is 27.8 Å². The van der Waals surface area contributed by atoms with Crippen molar-refractivity contribution in [1.29, 1.82) is 0 Å². The number of nitrogens with one attached hydrogen (secondary N) is 1. The number of oxime groups is 1. The summed E-state index contributed by atoms with van der Waals surface area (Å²) in [5.41, 5.74) is -3.96. The van der Waals surface area contributed by atoms with Gasteiger partial charge in [-0.25, -0.2) is 8.78 Å². The highest BCUT2D eigenvalue weighted by atomic mass is 35.5. The quantitative estimate of drug-likeness (QED) is 0.244. The maximum atomic E-state index is 14.3. The van der Waals surface area contributed by atoms with E-state index in [-0.39, 0.29) is 36.7 Å². The fourth-order valence-electron chi connectivity index (χ4n) is 4.61. The molecular weight excluding hydrogens is 623 g/mol. The van der Waals surface area contributed by atoms with Gasteiger partial charge in [0.25, 0.3) is 11.5 Å². The smallest absolute Gasteiger partial charge is 0.372 e. The first-order chi connectivity index (χ1) is 19.6. The summed E-state index contributed by atoms with van der Waals surface area (Å²) in [5, 5.41) is 4.83. The molecule has 2 aliphatic heterocycles. The third-order valence-electron chi connectivity index (χ3n) is 6.81. The van der Waals surface area contributed by atoms with Gasteiger partial charge in [0.1, 0.15) is 17.3 Å². The SMILES string of the molecule is O=C(NCc1ccc(F)c(C(F)(F)F)c1)c1cc2c(cn1)CN(C1=NOC(c3cc(Cl)c(F)c(Cl)c3)(C(F)(F)F)C1)C2. The molecule has 0 bridgehead atoms. The molecule has 5 rings (SSSR count). The Morgan fingerprint density at radius 3 is 2.31 bits per heavy atom. The molecule has 16 heteroatoms. The summed E-state index contributed by atoms with van der Waals surface area (Å²) < 4.78 is 109. The number of nitrogens with zero attached hydrogens (tertiary/aromatic N) is 3. The van der Waals surface area contributed by atoms with Gasteiger partial charge in [-0.05, 0) is 47.0 Å². The second kappa shape index (κ2) is 10.6. The van der Waals surface area contributed by atoms with E-state index in [4.69, 9.17) is 28.0 Å². The van der Waals surface area contributed by atoms with Crippen molar-refractivity contribution in [3.63, 3.8) is 0 Å². The lowest BCUT2D eigenvalue weighted by Crippen LogP contribution is -2.44. The van der Waals surface area contributed by atoms with E-state index in [0.29, 0.717) is 23.3 Å². The largest absolute Gasteiger partial charge is 0.435 e. The number of aromatic nitrogens is 1. The lowest BCUT2D eigenvalue weighted by molar-refractivity contribution is -0.275. The maximum Gasteiger partial charge on any atom is 0.435 e. The molecule has 1 atom stereocenters. The van der Waals surface area contributed by atoms with Crippen molar-refractivity contribution < 1.29 is 44.8 Å². The molecule has 0 spiro atoms. The fraction of sp³-hybridized carbons (Fsp3) is 0.269. The van der Waals surface area contributed by atoms with Crippen LogP contribution in [-0.2, 0) is 36.2 Å². The van der Waals surface area contributed by atoms with E-state index in [1.165, 1.54) is 17.2 Å². The van der Waals surface area contributed by atoms with E-state index in [1.807, 2.05) is 0 Å². The number of fused-ring (bicyclic) bond motifs is 1. The van der Waals surface area contributed by atoms with Crippen LogP contribution < -0.4 is 5.32 Å². The molecular formula is C26H16Cl2F8N4O2. The van der Waals surface area contributed by atoms with Crippen LogP contribution in [0.25, 0.3) is 0 Å². The Morgan fingerprint density at radius 1 is 1.00 bits per heavy atom. The third-order valence-corrected chi connectivity index (χ3v) is 7.36. The molecule has 1 unspecified atom stereocenters. The molecule has 3 aromatic rings. The monoisotopic (exact) mass is 638 g/mol. The van der Waals surface area contributed by atoms with E-state index in [2.05, 4.69) is 15.5 Å². The minimum absolute atomic E-state index is 0.000493. The van der Waals surface area contributed by atoms with Crippen LogP contribution in [0.4, 0.5) is 35.1 Å². The molecule has 2 aromatic carbocycles. The van der Waals surface area contributed by atoms with Gasteiger partial charge >= 0.3 is 12.4 Å². The lowest BCUT2D eigenvalue weighted by atomic mass is 9.89. The summed E-state index contributed by atoms with van der Waals surface area (Å²) in [6, 6.07) is 5.27. The normalized spacial score (nSPS) is 18.5. The Labute approximate surface area is 241 Å². The van der Waals surface area contributed by atoms with Gasteiger partial charge in [0.05, 0.1) is 22.0 Å². The van der Waals surface area contributed by atoms with Gasteiger partial charge in [-0.3, -0.25) is 9.78 Å². The van der Waals surface area contributed by atoms with Crippen molar-refractivity contribution in [3.8, 4) is 0 Å². The number of alkyl halides is 6. The number of halogens is 10. The van der Waals surface area contributed by atoms with Crippen molar-refractivity contribution >= 4 is 34.9 Å². The van der Waals surface area contributed by atoms with Crippen LogP contribution in [0.2, 0.25) is 10.0 Å². The highest BCUT2D eigenvalue weighted by Gasteiger charge is 2.63. The van der Waals surface area contributed by atoms with Crippen molar-refractivity contribution in [2.24, 2.45) is 5.16 Å². The Hall–Kier alpha value is -3.65. The molecule has 0 radical (unpaired) electrons. The molecule has 3 heterocycles. The average molecular weight is 639 g/mol. The van der Waals surface area contributed by atoms with Gasteiger partial charge in [0.15, 0.2) is 5.82 Å². The van der Waals surface area contributed by atoms with Crippen molar-refractivity contribution in [2.45, 2.75) is 44.0 Å². The van der Waals surface area contributed by atoms with E-state index >= 15 is 0 Å². The zero-order valence-corrected chi connectivity index (χ0v) is 22.3. The summed E-state index contributed by atoms with van der Waals surface area (Å²) in [6.45, 7) is -0.231. The predicted octanol–water partition coefficient (Wildman–Crippen LogP) is 7.12. The summed E-state index contributed by atoms with van der Waals surface area (Å²) in [4.78, 5) is 23.1. The number of hydrogen-bond donors (Lipinski definition) is 1. The molecule has 0 aliphatic carbocycles. The van der Waals surface area contributed by atoms with Crippen LogP contribution in [0, 0.1) is 11.6 Å². The highest BCUT2D eigenvalue weighted by molar-refractivity contribution is 6.35. The second-order valence-electron chi connectivity index (χ2n) is 9.54. The first-order valence-corrected chi connectivity index (χ1v) is 12.7. The van der Waals surface area contributed by atoms with E-state index in [0.717, 1.165) is 18.2 Å². The summed E-state index contributed by atoms with van der Waals surface area (Å²) in [7, 11) is 0. The maximum absolute atomic E-state index is 14.3. The Bertz CT molecular complexity index is 1590. The highest BCUT2D eigenvalue weighted by Crippen LogP contribution is 2.50. The van der Waals surface area contributed by atoms with Crippen LogP contribution in [0.5, 0.6) is 0 Å². The number of amides is 1. The van der Waals surface area contributed by atoms with Crippen LogP contribution in [0.3, 0.4) is 0 Å².